The molecule has 0 aromatic rings. The van der Waals surface area contributed by atoms with E-state index in [9.17, 15) is 24.2 Å². The molecule has 0 radical (unpaired) electrons. The number of carbonyl (C=O) groups excluding carboxylic acids is 2. The Bertz CT molecular complexity index is 739. The molecule has 3 N–H and O–H groups in total. The first-order valence-corrected chi connectivity index (χ1v) is 20.5. The van der Waals surface area contributed by atoms with Gasteiger partial charge in [-0.05, 0) is 12.8 Å². The van der Waals surface area contributed by atoms with Crippen LogP contribution in [0.25, 0.3) is 0 Å². The molecule has 0 aromatic heterocycles. The summed E-state index contributed by atoms with van der Waals surface area (Å²) in [5.74, 6) is -0.563. The topological polar surface area (TPSA) is 131 Å². The summed E-state index contributed by atoms with van der Waals surface area (Å²) in [7, 11) is -4.38. The predicted molar refractivity (Wildman–Crippen MR) is 188 cm³/mol. The Morgan fingerprint density at radius 1 is 0.587 bits per heavy atom. The van der Waals surface area contributed by atoms with E-state index in [4.69, 9.17) is 13.8 Å². The normalized spacial score (nSPS) is 13.4. The van der Waals surface area contributed by atoms with Gasteiger partial charge in [-0.15, -0.1) is 0 Å². The van der Waals surface area contributed by atoms with E-state index < -0.39 is 26.5 Å². The van der Waals surface area contributed by atoms with E-state index in [1.54, 1.807) is 0 Å². The Morgan fingerprint density at radius 3 is 1.41 bits per heavy atom. The van der Waals surface area contributed by atoms with Gasteiger partial charge in [0, 0.05) is 19.4 Å². The molecule has 0 aliphatic heterocycles. The molecule has 0 rings (SSSR count). The van der Waals surface area contributed by atoms with Crippen molar-refractivity contribution < 1.29 is 37.9 Å². The van der Waals surface area contributed by atoms with E-state index in [0.717, 1.165) is 19.3 Å². The summed E-state index contributed by atoms with van der Waals surface area (Å²) in [6.07, 6.45) is 32.2. The van der Waals surface area contributed by atoms with Gasteiger partial charge < -0.3 is 20.1 Å². The number of aliphatic hydroxyl groups excluding tert-OH is 1. The van der Waals surface area contributed by atoms with Crippen LogP contribution in [0.1, 0.15) is 187 Å². The first kappa shape index (κ1) is 45.0. The summed E-state index contributed by atoms with van der Waals surface area (Å²) in [5.41, 5.74) is 0. The van der Waals surface area contributed by atoms with Gasteiger partial charge >= 0.3 is 13.8 Å². The summed E-state index contributed by atoms with van der Waals surface area (Å²) < 4.78 is 26.2. The van der Waals surface area contributed by atoms with Gasteiger partial charge in [-0.2, -0.15) is 0 Å². The van der Waals surface area contributed by atoms with Crippen LogP contribution < -0.4 is 5.32 Å². The second-order valence-corrected chi connectivity index (χ2v) is 14.4. The third kappa shape index (κ3) is 34.3. The molecule has 0 heterocycles. The minimum Gasteiger partial charge on any atom is -0.463 e. The lowest BCUT2D eigenvalue weighted by Gasteiger charge is -2.15. The van der Waals surface area contributed by atoms with Gasteiger partial charge in [0.25, 0.3) is 0 Å². The fourth-order valence-corrected chi connectivity index (χ4v) is 6.18. The van der Waals surface area contributed by atoms with Crippen molar-refractivity contribution in [3.63, 3.8) is 0 Å². The van der Waals surface area contributed by atoms with Gasteiger partial charge in [-0.25, -0.2) is 4.57 Å². The number of unbranched alkanes of at least 4 members (excludes halogenated alkanes) is 23. The van der Waals surface area contributed by atoms with Crippen molar-refractivity contribution in [2.24, 2.45) is 0 Å². The molecule has 2 atom stereocenters. The SMILES string of the molecule is CCCCCCCCCCCCCCCCCCCCCCCCCCC(=O)NCCOP(=O)(O)OCC(O)COC(=O)CCC. The van der Waals surface area contributed by atoms with Crippen molar-refractivity contribution in [3.05, 3.63) is 0 Å². The Labute approximate surface area is 282 Å². The highest BCUT2D eigenvalue weighted by Crippen LogP contribution is 2.42. The molecule has 274 valence electrons. The van der Waals surface area contributed by atoms with Crippen molar-refractivity contribution in [2.75, 3.05) is 26.4 Å². The van der Waals surface area contributed by atoms with Gasteiger partial charge in [0.05, 0.1) is 13.2 Å². The van der Waals surface area contributed by atoms with Gasteiger partial charge in [-0.3, -0.25) is 18.6 Å². The van der Waals surface area contributed by atoms with E-state index in [0.29, 0.717) is 12.8 Å². The minimum atomic E-state index is -4.38. The average Bonchev–Trinajstić information content (AvgIpc) is 3.03. The zero-order valence-corrected chi connectivity index (χ0v) is 30.7. The van der Waals surface area contributed by atoms with Crippen LogP contribution in [0.2, 0.25) is 0 Å². The fraction of sp³-hybridized carbons (Fsp3) is 0.944. The first-order valence-electron chi connectivity index (χ1n) is 19.0. The number of rotatable bonds is 36. The van der Waals surface area contributed by atoms with Crippen LogP contribution in [0.3, 0.4) is 0 Å². The van der Waals surface area contributed by atoms with Crippen LogP contribution in [0.5, 0.6) is 0 Å². The van der Waals surface area contributed by atoms with Crippen molar-refractivity contribution in [2.45, 2.75) is 193 Å². The molecule has 10 heteroatoms. The fourth-order valence-electron chi connectivity index (χ4n) is 5.42. The van der Waals surface area contributed by atoms with Crippen molar-refractivity contribution in [1.29, 1.82) is 0 Å². The highest BCUT2D eigenvalue weighted by Gasteiger charge is 2.23. The maximum absolute atomic E-state index is 12.0. The molecule has 2 unspecified atom stereocenters. The van der Waals surface area contributed by atoms with Gasteiger partial charge in [0.1, 0.15) is 12.7 Å². The lowest BCUT2D eigenvalue weighted by atomic mass is 10.0. The van der Waals surface area contributed by atoms with E-state index in [1.165, 1.54) is 135 Å². The first-order chi connectivity index (χ1) is 22.3. The number of carbonyl (C=O) groups is 2. The minimum absolute atomic E-state index is 0.0866. The monoisotopic (exact) mass is 677 g/mol. The molecule has 0 aliphatic rings. The zero-order chi connectivity index (χ0) is 34.0. The molecule has 0 saturated heterocycles. The predicted octanol–water partition coefficient (Wildman–Crippen LogP) is 9.71. The standard InChI is InChI=1S/C36H72NO8P/c1-3-5-6-7-8-9-10-11-12-13-14-15-16-17-18-19-20-21-22-23-24-25-26-27-29-35(39)37-30-31-44-46(41,42)45-33-34(38)32-43-36(40)28-4-2/h34,38H,3-33H2,1-2H3,(H,37,39)(H,41,42). The number of esters is 1. The van der Waals surface area contributed by atoms with E-state index >= 15 is 0 Å². The number of hydrogen-bond donors (Lipinski definition) is 3. The molecular weight excluding hydrogens is 605 g/mol. The van der Waals surface area contributed by atoms with Gasteiger partial charge in [0.2, 0.25) is 5.91 Å². The third-order valence-electron chi connectivity index (χ3n) is 8.26. The van der Waals surface area contributed by atoms with Crippen molar-refractivity contribution >= 4 is 19.7 Å². The second kappa shape index (κ2) is 33.9. The summed E-state index contributed by atoms with van der Waals surface area (Å²) in [6.45, 7) is 3.16. The van der Waals surface area contributed by atoms with E-state index in [-0.39, 0.29) is 32.1 Å². The van der Waals surface area contributed by atoms with Gasteiger partial charge in [-0.1, -0.05) is 162 Å². The van der Waals surface area contributed by atoms with Gasteiger partial charge in [0.15, 0.2) is 0 Å². The maximum Gasteiger partial charge on any atom is 0.472 e. The highest BCUT2D eigenvalue weighted by atomic mass is 31.2. The van der Waals surface area contributed by atoms with Crippen LogP contribution in [0.4, 0.5) is 0 Å². The molecule has 0 spiro atoms. The lowest BCUT2D eigenvalue weighted by molar-refractivity contribution is -0.147. The summed E-state index contributed by atoms with van der Waals surface area (Å²) in [5, 5.41) is 12.4. The van der Waals surface area contributed by atoms with Crippen molar-refractivity contribution in [1.82, 2.24) is 5.32 Å². The summed E-state index contributed by atoms with van der Waals surface area (Å²) >= 11 is 0. The Balaban J connectivity index is 3.38. The highest BCUT2D eigenvalue weighted by molar-refractivity contribution is 7.47. The largest absolute Gasteiger partial charge is 0.472 e. The molecule has 1 amide bonds. The van der Waals surface area contributed by atoms with E-state index in [2.05, 4.69) is 12.2 Å². The third-order valence-corrected chi connectivity index (χ3v) is 9.24. The van der Waals surface area contributed by atoms with Crippen LogP contribution in [-0.2, 0) is 27.9 Å². The maximum atomic E-state index is 12.0. The summed E-state index contributed by atoms with van der Waals surface area (Å²) in [6, 6.07) is 0. The Hall–Kier alpha value is -0.990. The van der Waals surface area contributed by atoms with Crippen LogP contribution in [0, 0.1) is 0 Å². The molecule has 0 aromatic carbocycles. The van der Waals surface area contributed by atoms with E-state index in [1.807, 2.05) is 6.92 Å². The van der Waals surface area contributed by atoms with Crippen LogP contribution >= 0.6 is 7.82 Å². The quantitative estimate of drug-likeness (QED) is 0.0339. The Morgan fingerprint density at radius 2 is 1.00 bits per heavy atom. The van der Waals surface area contributed by atoms with Crippen LogP contribution in [0.15, 0.2) is 0 Å². The zero-order valence-electron chi connectivity index (χ0n) is 29.8. The number of phosphoric acid groups is 1. The second-order valence-electron chi connectivity index (χ2n) is 12.9. The lowest BCUT2D eigenvalue weighted by Crippen LogP contribution is -2.27. The number of phosphoric ester groups is 1. The molecular formula is C36H72NO8P. The number of hydrogen-bond acceptors (Lipinski definition) is 7. The molecule has 46 heavy (non-hydrogen) atoms. The molecule has 9 nitrogen and oxygen atoms in total. The number of ether oxygens (including phenoxy) is 1. The number of nitrogens with one attached hydrogen (secondary N) is 1. The van der Waals surface area contributed by atoms with Crippen molar-refractivity contribution in [3.8, 4) is 0 Å². The molecule has 0 saturated carbocycles. The summed E-state index contributed by atoms with van der Waals surface area (Å²) in [4.78, 5) is 32.9. The smallest absolute Gasteiger partial charge is 0.463 e. The average molecular weight is 678 g/mol. The number of aliphatic hydroxyl groups is 1. The molecule has 0 aliphatic carbocycles. The molecule has 0 bridgehead atoms. The molecule has 0 fully saturated rings. The number of amides is 1. The Kier molecular flexibility index (Phi) is 33.2. The van der Waals surface area contributed by atoms with Crippen LogP contribution in [-0.4, -0.2) is 54.3 Å².